The molecule has 3 rings (SSSR count). The van der Waals surface area contributed by atoms with Crippen molar-refractivity contribution in [1.29, 1.82) is 0 Å². The molecule has 1 amide bonds. The maximum Gasteiger partial charge on any atom is 0.364 e. The molecule has 0 radical (unpaired) electrons. The summed E-state index contributed by atoms with van der Waals surface area (Å²) >= 11 is 5.16. The number of hydrogen-bond acceptors (Lipinski definition) is 4. The molecule has 3 aromatic heterocycles. The van der Waals surface area contributed by atoms with Crippen molar-refractivity contribution in [3.05, 3.63) is 47.2 Å². The smallest absolute Gasteiger partial charge is 0.336 e. The van der Waals surface area contributed by atoms with Crippen LogP contribution < -0.4 is 0 Å². The summed E-state index contributed by atoms with van der Waals surface area (Å²) in [5.41, 5.74) is 0.819. The van der Waals surface area contributed by atoms with Gasteiger partial charge >= 0.3 is 5.38 Å². The van der Waals surface area contributed by atoms with Gasteiger partial charge in [-0.3, -0.25) is 9.48 Å². The number of carbonyl (C=O) groups is 1. The number of nitrogens with zero attached hydrogens (tertiary/aromatic N) is 6. The van der Waals surface area contributed by atoms with Crippen molar-refractivity contribution in [2.24, 2.45) is 0 Å². The summed E-state index contributed by atoms with van der Waals surface area (Å²) in [6.07, 6.45) is 3.51. The number of fused-ring (bicyclic) bond motifs is 1. The molecule has 7 nitrogen and oxygen atoms in total. The summed E-state index contributed by atoms with van der Waals surface area (Å²) in [5.74, 6) is -0.416. The molecule has 0 fully saturated rings. The lowest BCUT2D eigenvalue weighted by molar-refractivity contribution is 0.0773. The molecule has 0 unspecified atom stereocenters. The molecule has 0 aliphatic rings. The fraction of sp³-hybridized carbons (Fsp3) is 0.375. The minimum absolute atomic E-state index is 0.00986. The molecule has 0 aliphatic heterocycles. The largest absolute Gasteiger partial charge is 0.364 e. The molecule has 0 bridgehead atoms. The van der Waals surface area contributed by atoms with E-state index in [1.54, 1.807) is 24.9 Å². The van der Waals surface area contributed by atoms with E-state index >= 15 is 0 Å². The topological polar surface area (TPSA) is 68.3 Å². The molecule has 0 saturated heterocycles. The molecular formula is C16H17ClF2N6O. The summed E-state index contributed by atoms with van der Waals surface area (Å²) in [4.78, 5) is 18.2. The van der Waals surface area contributed by atoms with E-state index in [0.717, 1.165) is 22.7 Å². The summed E-state index contributed by atoms with van der Waals surface area (Å²) in [5, 5.41) is 4.51. The third kappa shape index (κ3) is 3.52. The molecule has 0 N–H and O–H groups in total. The summed E-state index contributed by atoms with van der Waals surface area (Å²) in [7, 11) is 1.60. The van der Waals surface area contributed by atoms with Gasteiger partial charge in [-0.1, -0.05) is 0 Å². The Morgan fingerprint density at radius 2 is 2.12 bits per heavy atom. The standard InChI is InChI=1S/C16H17ClF2N6O/c1-4-24-9-11(7-20-24)8-23(3)15(26)12-6-14-21-10(2)5-13(16(17,18)19)25(14)22-12/h5-7,9H,4,8H2,1-3H3. The highest BCUT2D eigenvalue weighted by molar-refractivity contribution is 6.21. The maximum atomic E-state index is 13.6. The van der Waals surface area contributed by atoms with E-state index in [1.165, 1.54) is 11.0 Å². The highest BCUT2D eigenvalue weighted by Gasteiger charge is 2.33. The molecule has 3 heterocycles. The minimum Gasteiger partial charge on any atom is -0.336 e. The van der Waals surface area contributed by atoms with Gasteiger partial charge < -0.3 is 4.90 Å². The zero-order chi connectivity index (χ0) is 19.1. The van der Waals surface area contributed by atoms with Gasteiger partial charge in [0.1, 0.15) is 5.69 Å². The van der Waals surface area contributed by atoms with Gasteiger partial charge in [-0.15, -0.1) is 0 Å². The molecular weight excluding hydrogens is 366 g/mol. The number of halogens is 3. The maximum absolute atomic E-state index is 13.6. The lowest BCUT2D eigenvalue weighted by Crippen LogP contribution is -2.26. The Labute approximate surface area is 153 Å². The average molecular weight is 383 g/mol. The van der Waals surface area contributed by atoms with Crippen LogP contribution in [0.4, 0.5) is 8.78 Å². The normalized spacial score (nSPS) is 11.9. The molecule has 138 valence electrons. The molecule has 3 aromatic rings. The van der Waals surface area contributed by atoms with Crippen LogP contribution in [-0.4, -0.2) is 42.2 Å². The van der Waals surface area contributed by atoms with E-state index in [2.05, 4.69) is 15.2 Å². The fourth-order valence-electron chi connectivity index (χ4n) is 2.61. The van der Waals surface area contributed by atoms with Crippen molar-refractivity contribution < 1.29 is 13.6 Å². The van der Waals surface area contributed by atoms with E-state index in [4.69, 9.17) is 11.6 Å². The molecule has 0 spiro atoms. The van der Waals surface area contributed by atoms with Crippen molar-refractivity contribution in [2.45, 2.75) is 32.3 Å². The van der Waals surface area contributed by atoms with Gasteiger partial charge in [-0.25, -0.2) is 9.50 Å². The monoisotopic (exact) mass is 382 g/mol. The van der Waals surface area contributed by atoms with Gasteiger partial charge in [0.25, 0.3) is 5.91 Å². The molecule has 10 heteroatoms. The number of hydrogen-bond donors (Lipinski definition) is 0. The van der Waals surface area contributed by atoms with Crippen LogP contribution in [0.2, 0.25) is 0 Å². The Balaban J connectivity index is 1.90. The Bertz CT molecular complexity index is 961. The van der Waals surface area contributed by atoms with Crippen LogP contribution in [0, 0.1) is 6.92 Å². The van der Waals surface area contributed by atoms with Gasteiger partial charge in [0.05, 0.1) is 6.20 Å². The third-order valence-electron chi connectivity index (χ3n) is 3.84. The summed E-state index contributed by atoms with van der Waals surface area (Å²) in [6, 6.07) is 2.51. The van der Waals surface area contributed by atoms with Crippen LogP contribution in [0.1, 0.15) is 34.4 Å². The van der Waals surface area contributed by atoms with Crippen molar-refractivity contribution in [2.75, 3.05) is 7.05 Å². The van der Waals surface area contributed by atoms with E-state index in [1.807, 2.05) is 13.1 Å². The first-order valence-corrected chi connectivity index (χ1v) is 8.28. The number of carbonyl (C=O) groups excluding carboxylic acids is 1. The highest BCUT2D eigenvalue weighted by atomic mass is 35.5. The van der Waals surface area contributed by atoms with Crippen LogP contribution in [0.5, 0.6) is 0 Å². The first-order chi connectivity index (χ1) is 12.2. The lowest BCUT2D eigenvalue weighted by atomic mass is 10.3. The minimum atomic E-state index is -3.63. The van der Waals surface area contributed by atoms with Crippen LogP contribution in [0.15, 0.2) is 24.5 Å². The van der Waals surface area contributed by atoms with E-state index in [0.29, 0.717) is 12.2 Å². The number of alkyl halides is 3. The molecule has 0 aromatic carbocycles. The molecule has 0 saturated carbocycles. The van der Waals surface area contributed by atoms with Gasteiger partial charge in [-0.05, 0) is 31.5 Å². The summed E-state index contributed by atoms with van der Waals surface area (Å²) in [6.45, 7) is 4.57. The zero-order valence-electron chi connectivity index (χ0n) is 14.4. The van der Waals surface area contributed by atoms with Crippen molar-refractivity contribution in [3.8, 4) is 0 Å². The van der Waals surface area contributed by atoms with Gasteiger partial charge in [0.15, 0.2) is 11.3 Å². The van der Waals surface area contributed by atoms with Crippen molar-refractivity contribution >= 4 is 23.2 Å². The average Bonchev–Trinajstić information content (AvgIpc) is 3.18. The van der Waals surface area contributed by atoms with E-state index in [9.17, 15) is 13.6 Å². The molecule has 26 heavy (non-hydrogen) atoms. The molecule has 0 aliphatic carbocycles. The van der Waals surface area contributed by atoms with Crippen LogP contribution >= 0.6 is 11.6 Å². The van der Waals surface area contributed by atoms with Crippen molar-refractivity contribution in [1.82, 2.24) is 29.3 Å². The highest BCUT2D eigenvalue weighted by Crippen LogP contribution is 2.32. The second-order valence-corrected chi connectivity index (χ2v) is 6.42. The van der Waals surface area contributed by atoms with Crippen LogP contribution in [0.25, 0.3) is 5.65 Å². The Hall–Kier alpha value is -2.55. The molecule has 0 atom stereocenters. The lowest BCUT2D eigenvalue weighted by Gasteiger charge is -2.14. The Morgan fingerprint density at radius 1 is 1.38 bits per heavy atom. The first kappa shape index (κ1) is 18.2. The van der Waals surface area contributed by atoms with Crippen LogP contribution in [-0.2, 0) is 18.5 Å². The fourth-order valence-corrected chi connectivity index (χ4v) is 2.74. The van der Waals surface area contributed by atoms with Crippen LogP contribution in [0.3, 0.4) is 0 Å². The zero-order valence-corrected chi connectivity index (χ0v) is 15.2. The SMILES string of the molecule is CCn1cc(CN(C)C(=O)c2cc3nc(C)cc(C(F)(F)Cl)n3n2)cn1. The summed E-state index contributed by atoms with van der Waals surface area (Å²) < 4.78 is 29.9. The predicted molar refractivity (Wildman–Crippen MR) is 91.2 cm³/mol. The van der Waals surface area contributed by atoms with Crippen molar-refractivity contribution in [3.63, 3.8) is 0 Å². The number of aromatic nitrogens is 5. The number of aryl methyl sites for hydroxylation is 2. The van der Waals surface area contributed by atoms with Gasteiger partial charge in [0, 0.05) is 43.7 Å². The Kier molecular flexibility index (Phi) is 4.66. The number of rotatable bonds is 5. The quantitative estimate of drug-likeness (QED) is 0.636. The van der Waals surface area contributed by atoms with Gasteiger partial charge in [0.2, 0.25) is 0 Å². The second-order valence-electron chi connectivity index (χ2n) is 5.95. The third-order valence-corrected chi connectivity index (χ3v) is 4.04. The van der Waals surface area contributed by atoms with Gasteiger partial charge in [-0.2, -0.15) is 19.0 Å². The number of amides is 1. The Morgan fingerprint density at radius 3 is 2.73 bits per heavy atom. The first-order valence-electron chi connectivity index (χ1n) is 7.90. The van der Waals surface area contributed by atoms with E-state index < -0.39 is 17.0 Å². The second kappa shape index (κ2) is 6.64. The van der Waals surface area contributed by atoms with E-state index in [-0.39, 0.29) is 11.3 Å². The predicted octanol–water partition coefficient (Wildman–Crippen LogP) is 2.81.